The quantitative estimate of drug-likeness (QED) is 0.568. The maximum absolute atomic E-state index is 5.98. The molecule has 0 aliphatic carbocycles. The van der Waals surface area contributed by atoms with Crippen LogP contribution < -0.4 is 20.9 Å². The fraction of sp³-hybridized carbons (Fsp3) is 0.368. The van der Waals surface area contributed by atoms with Crippen molar-refractivity contribution in [2.45, 2.75) is 33.1 Å². The maximum atomic E-state index is 5.98. The molecule has 0 aromatic heterocycles. The minimum absolute atomic E-state index is 0.672. The van der Waals surface area contributed by atoms with Gasteiger partial charge in [0, 0.05) is 11.3 Å². The Labute approximate surface area is 138 Å². The molecule has 4 nitrogen and oxygen atoms in total. The molecule has 0 heterocycles. The summed E-state index contributed by atoms with van der Waals surface area (Å²) in [7, 11) is 0. The Kier molecular flexibility index (Phi) is 6.15. The van der Waals surface area contributed by atoms with Gasteiger partial charge in [-0.05, 0) is 56.9 Å². The zero-order valence-corrected chi connectivity index (χ0v) is 14.0. The number of nitrogens with two attached hydrogens (primary N) is 2. The van der Waals surface area contributed by atoms with Crippen LogP contribution in [0.15, 0.2) is 36.4 Å². The molecule has 4 N–H and O–H groups in total. The number of ether oxygens (including phenoxy) is 2. The van der Waals surface area contributed by atoms with Crippen molar-refractivity contribution >= 4 is 11.4 Å². The molecule has 0 spiro atoms. The molecule has 0 saturated heterocycles. The topological polar surface area (TPSA) is 70.5 Å². The number of anilines is 2. The van der Waals surface area contributed by atoms with Gasteiger partial charge in [0.25, 0.3) is 0 Å². The summed E-state index contributed by atoms with van der Waals surface area (Å²) in [6.07, 6.45) is 3.01. The van der Waals surface area contributed by atoms with Crippen molar-refractivity contribution < 1.29 is 9.47 Å². The third-order valence-electron chi connectivity index (χ3n) is 3.91. The first kappa shape index (κ1) is 17.0. The summed E-state index contributed by atoms with van der Waals surface area (Å²) in [4.78, 5) is 0. The van der Waals surface area contributed by atoms with Gasteiger partial charge >= 0.3 is 0 Å². The van der Waals surface area contributed by atoms with Gasteiger partial charge in [0.05, 0.1) is 18.9 Å². The van der Waals surface area contributed by atoms with E-state index in [0.29, 0.717) is 13.2 Å². The number of aryl methyl sites for hydroxylation is 1. The van der Waals surface area contributed by atoms with Crippen LogP contribution in [-0.2, 0) is 0 Å². The van der Waals surface area contributed by atoms with Gasteiger partial charge in [-0.1, -0.05) is 18.2 Å². The molecular formula is C19H26N2O2. The van der Waals surface area contributed by atoms with Gasteiger partial charge in [0.15, 0.2) is 0 Å². The van der Waals surface area contributed by atoms with E-state index < -0.39 is 0 Å². The smallest absolute Gasteiger partial charge is 0.142 e. The number of benzene rings is 2. The first-order valence-electron chi connectivity index (χ1n) is 8.05. The molecule has 0 amide bonds. The van der Waals surface area contributed by atoms with E-state index in [9.17, 15) is 0 Å². The Hall–Kier alpha value is -2.36. The van der Waals surface area contributed by atoms with Gasteiger partial charge in [-0.2, -0.15) is 0 Å². The lowest BCUT2D eigenvalue weighted by Crippen LogP contribution is -2.04. The Morgan fingerprint density at radius 3 is 2.13 bits per heavy atom. The highest BCUT2D eigenvalue weighted by Crippen LogP contribution is 2.25. The largest absolute Gasteiger partial charge is 0.493 e. The molecule has 0 atom stereocenters. The predicted octanol–water partition coefficient (Wildman–Crippen LogP) is 4.10. The van der Waals surface area contributed by atoms with Crippen molar-refractivity contribution in [3.63, 3.8) is 0 Å². The van der Waals surface area contributed by atoms with Gasteiger partial charge in [0.1, 0.15) is 11.5 Å². The fourth-order valence-electron chi connectivity index (χ4n) is 2.31. The van der Waals surface area contributed by atoms with Gasteiger partial charge < -0.3 is 20.9 Å². The van der Waals surface area contributed by atoms with E-state index in [1.807, 2.05) is 50.2 Å². The van der Waals surface area contributed by atoms with E-state index in [-0.39, 0.29) is 0 Å². The second kappa shape index (κ2) is 8.32. The van der Waals surface area contributed by atoms with Crippen molar-refractivity contribution in [1.29, 1.82) is 0 Å². The molecule has 0 radical (unpaired) electrons. The first-order valence-corrected chi connectivity index (χ1v) is 8.05. The third kappa shape index (κ3) is 4.81. The second-order valence-corrected chi connectivity index (χ2v) is 5.71. The zero-order valence-electron chi connectivity index (χ0n) is 14.0. The molecule has 0 bridgehead atoms. The molecule has 0 unspecified atom stereocenters. The van der Waals surface area contributed by atoms with Gasteiger partial charge in [-0.15, -0.1) is 0 Å². The van der Waals surface area contributed by atoms with Gasteiger partial charge in [-0.25, -0.2) is 0 Å². The lowest BCUT2D eigenvalue weighted by molar-refractivity contribution is 0.279. The SMILES string of the molecule is Cc1cccc(OCCCCCOc2cccc(N)c2C)c1N. The lowest BCUT2D eigenvalue weighted by Gasteiger charge is -2.11. The molecule has 2 aromatic rings. The molecule has 0 saturated carbocycles. The van der Waals surface area contributed by atoms with Gasteiger partial charge in [0.2, 0.25) is 0 Å². The Bertz CT molecular complexity index is 586. The van der Waals surface area contributed by atoms with Crippen molar-refractivity contribution in [1.82, 2.24) is 0 Å². The summed E-state index contributed by atoms with van der Waals surface area (Å²) in [5.74, 6) is 1.64. The van der Waals surface area contributed by atoms with Crippen molar-refractivity contribution in [3.05, 3.63) is 47.5 Å². The number of nitrogen functional groups attached to an aromatic ring is 2. The summed E-state index contributed by atoms with van der Waals surface area (Å²) in [6.45, 7) is 5.32. The Morgan fingerprint density at radius 1 is 0.783 bits per heavy atom. The van der Waals surface area contributed by atoms with Crippen LogP contribution in [0.4, 0.5) is 11.4 Å². The third-order valence-corrected chi connectivity index (χ3v) is 3.91. The van der Waals surface area contributed by atoms with Crippen LogP contribution in [0.3, 0.4) is 0 Å². The van der Waals surface area contributed by atoms with Gasteiger partial charge in [-0.3, -0.25) is 0 Å². The van der Waals surface area contributed by atoms with Crippen LogP contribution in [0.1, 0.15) is 30.4 Å². The van der Waals surface area contributed by atoms with E-state index in [4.69, 9.17) is 20.9 Å². The van der Waals surface area contributed by atoms with Crippen molar-refractivity contribution in [2.75, 3.05) is 24.7 Å². The fourth-order valence-corrected chi connectivity index (χ4v) is 2.31. The van der Waals surface area contributed by atoms with E-state index in [1.165, 1.54) is 0 Å². The van der Waals surface area contributed by atoms with E-state index in [2.05, 4.69) is 0 Å². The summed E-state index contributed by atoms with van der Waals surface area (Å²) < 4.78 is 11.5. The molecule has 0 fully saturated rings. The number of para-hydroxylation sites is 1. The Balaban J connectivity index is 1.63. The molecule has 2 rings (SSSR count). The predicted molar refractivity (Wildman–Crippen MR) is 96.0 cm³/mol. The summed E-state index contributed by atoms with van der Waals surface area (Å²) >= 11 is 0. The highest BCUT2D eigenvalue weighted by atomic mass is 16.5. The molecule has 124 valence electrons. The van der Waals surface area contributed by atoms with Crippen molar-refractivity contribution in [2.24, 2.45) is 0 Å². The summed E-state index contributed by atoms with van der Waals surface area (Å²) in [5, 5.41) is 0. The van der Waals surface area contributed by atoms with Crippen LogP contribution in [0, 0.1) is 13.8 Å². The number of hydrogen-bond donors (Lipinski definition) is 2. The van der Waals surface area contributed by atoms with E-state index >= 15 is 0 Å². The maximum Gasteiger partial charge on any atom is 0.142 e. The Morgan fingerprint density at radius 2 is 1.39 bits per heavy atom. The molecular weight excluding hydrogens is 288 g/mol. The summed E-state index contributed by atoms with van der Waals surface area (Å²) in [6, 6.07) is 11.6. The highest BCUT2D eigenvalue weighted by Gasteiger charge is 2.03. The van der Waals surface area contributed by atoms with Crippen LogP contribution in [0.5, 0.6) is 11.5 Å². The van der Waals surface area contributed by atoms with Crippen LogP contribution in [-0.4, -0.2) is 13.2 Å². The average Bonchev–Trinajstić information content (AvgIpc) is 2.54. The standard InChI is InChI=1S/C19H26N2O2/c1-14-8-6-11-18(19(14)21)23-13-5-3-4-12-22-17-10-7-9-16(20)15(17)2/h6-11H,3-5,12-13,20-21H2,1-2H3. The number of unbranched alkanes of at least 4 members (excludes halogenated alkanes) is 2. The zero-order chi connectivity index (χ0) is 16.7. The second-order valence-electron chi connectivity index (χ2n) is 5.71. The molecule has 0 aliphatic heterocycles. The van der Waals surface area contributed by atoms with E-state index in [1.54, 1.807) is 0 Å². The highest BCUT2D eigenvalue weighted by molar-refractivity contribution is 5.57. The summed E-state index contributed by atoms with van der Waals surface area (Å²) in [5.41, 5.74) is 15.4. The minimum Gasteiger partial charge on any atom is -0.493 e. The number of rotatable bonds is 8. The molecule has 23 heavy (non-hydrogen) atoms. The van der Waals surface area contributed by atoms with E-state index in [0.717, 1.165) is 53.3 Å². The van der Waals surface area contributed by atoms with Crippen LogP contribution >= 0.6 is 0 Å². The first-order chi connectivity index (χ1) is 11.1. The number of hydrogen-bond acceptors (Lipinski definition) is 4. The molecule has 2 aromatic carbocycles. The minimum atomic E-state index is 0.672. The monoisotopic (exact) mass is 314 g/mol. The average molecular weight is 314 g/mol. The van der Waals surface area contributed by atoms with Crippen LogP contribution in [0.25, 0.3) is 0 Å². The van der Waals surface area contributed by atoms with Crippen LogP contribution in [0.2, 0.25) is 0 Å². The van der Waals surface area contributed by atoms with Crippen molar-refractivity contribution in [3.8, 4) is 11.5 Å². The molecule has 0 aliphatic rings. The normalized spacial score (nSPS) is 10.5. The lowest BCUT2D eigenvalue weighted by atomic mass is 10.2. The molecule has 4 heteroatoms.